The van der Waals surface area contributed by atoms with Gasteiger partial charge in [0.05, 0.1) is 12.0 Å². The van der Waals surface area contributed by atoms with Crippen molar-refractivity contribution < 1.29 is 24.2 Å². The van der Waals surface area contributed by atoms with Gasteiger partial charge in [-0.15, -0.1) is 0 Å². The van der Waals surface area contributed by atoms with E-state index in [1.807, 2.05) is 24.3 Å². The number of ether oxygens (including phenoxy) is 1. The molecule has 1 saturated carbocycles. The summed E-state index contributed by atoms with van der Waals surface area (Å²) in [6, 6.07) is 15.4. The van der Waals surface area contributed by atoms with E-state index in [1.165, 1.54) is 0 Å². The Morgan fingerprint density at radius 2 is 1.60 bits per heavy atom. The van der Waals surface area contributed by atoms with Crippen LogP contribution in [0.4, 0.5) is 4.79 Å². The van der Waals surface area contributed by atoms with E-state index in [0.29, 0.717) is 25.7 Å². The fourth-order valence-corrected chi connectivity index (χ4v) is 4.76. The summed E-state index contributed by atoms with van der Waals surface area (Å²) < 4.78 is 5.64. The van der Waals surface area contributed by atoms with Gasteiger partial charge in [-0.2, -0.15) is 0 Å². The van der Waals surface area contributed by atoms with E-state index in [0.717, 1.165) is 22.3 Å². The molecule has 1 unspecified atom stereocenters. The number of carbonyl (C=O) groups excluding carboxylic acids is 2. The second-order valence-corrected chi connectivity index (χ2v) is 11.0. The summed E-state index contributed by atoms with van der Waals surface area (Å²) in [5, 5.41) is 14.8. The number of hydrogen-bond acceptors (Lipinski definition) is 4. The van der Waals surface area contributed by atoms with E-state index < -0.39 is 23.6 Å². The summed E-state index contributed by atoms with van der Waals surface area (Å²) in [7, 11) is 0. The predicted octanol–water partition coefficient (Wildman–Crippen LogP) is 4.84. The molecular formula is C28H34N2O5. The maximum atomic E-state index is 13.0. The molecule has 1 atom stereocenters. The minimum atomic E-state index is -0.946. The fraction of sp³-hybridized carbons (Fsp3) is 0.464. The molecule has 0 bridgehead atoms. The molecule has 4 rings (SSSR count). The number of benzene rings is 2. The van der Waals surface area contributed by atoms with E-state index in [9.17, 15) is 14.4 Å². The van der Waals surface area contributed by atoms with Crippen LogP contribution in [0.2, 0.25) is 0 Å². The number of amides is 2. The Balaban J connectivity index is 1.41. The molecule has 3 N–H and O–H groups in total. The maximum absolute atomic E-state index is 13.0. The van der Waals surface area contributed by atoms with Crippen LogP contribution in [0, 0.1) is 5.41 Å². The van der Waals surface area contributed by atoms with Gasteiger partial charge in [-0.05, 0) is 53.4 Å². The molecule has 7 nitrogen and oxygen atoms in total. The lowest BCUT2D eigenvalue weighted by atomic mass is 9.88. The summed E-state index contributed by atoms with van der Waals surface area (Å²) >= 11 is 0. The zero-order valence-electron chi connectivity index (χ0n) is 20.6. The first-order chi connectivity index (χ1) is 16.6. The predicted molar refractivity (Wildman–Crippen MR) is 133 cm³/mol. The highest BCUT2D eigenvalue weighted by atomic mass is 16.5. The smallest absolute Gasteiger partial charge is 0.407 e. The van der Waals surface area contributed by atoms with Crippen LogP contribution in [0.5, 0.6) is 0 Å². The zero-order chi connectivity index (χ0) is 25.2. The first-order valence-electron chi connectivity index (χ1n) is 12.2. The number of carboxylic acids is 1. The van der Waals surface area contributed by atoms with Crippen molar-refractivity contribution in [2.45, 2.75) is 70.4 Å². The van der Waals surface area contributed by atoms with E-state index in [-0.39, 0.29) is 30.3 Å². The number of carbonyl (C=O) groups is 3. The van der Waals surface area contributed by atoms with Crippen molar-refractivity contribution in [2.24, 2.45) is 5.41 Å². The maximum Gasteiger partial charge on any atom is 0.407 e. The van der Waals surface area contributed by atoms with Gasteiger partial charge in [0.25, 0.3) is 0 Å². The van der Waals surface area contributed by atoms with Gasteiger partial charge in [-0.25, -0.2) is 4.79 Å². The van der Waals surface area contributed by atoms with Crippen molar-refractivity contribution in [3.8, 4) is 11.1 Å². The third-order valence-electron chi connectivity index (χ3n) is 6.87. The molecule has 2 aromatic rings. The number of carboxylic acid groups (broad SMARTS) is 1. The lowest BCUT2D eigenvalue weighted by Crippen LogP contribution is -2.51. The molecule has 0 heterocycles. The Hall–Kier alpha value is -3.35. The Labute approximate surface area is 206 Å². The highest BCUT2D eigenvalue weighted by molar-refractivity contribution is 5.87. The molecule has 1 fully saturated rings. The first kappa shape index (κ1) is 24.8. The number of aliphatic carboxylic acids is 1. The van der Waals surface area contributed by atoms with Crippen LogP contribution in [0.3, 0.4) is 0 Å². The van der Waals surface area contributed by atoms with E-state index in [1.54, 1.807) is 0 Å². The summed E-state index contributed by atoms with van der Waals surface area (Å²) in [5.41, 5.74) is 3.80. The van der Waals surface area contributed by atoms with E-state index in [2.05, 4.69) is 55.7 Å². The second-order valence-electron chi connectivity index (χ2n) is 11.0. The molecule has 0 spiro atoms. The minimum Gasteiger partial charge on any atom is -0.481 e. The Bertz CT molecular complexity index is 1070. The van der Waals surface area contributed by atoms with Gasteiger partial charge in [0.2, 0.25) is 5.91 Å². The minimum absolute atomic E-state index is 0.0281. The molecule has 0 aliphatic heterocycles. The summed E-state index contributed by atoms with van der Waals surface area (Å²) in [5.74, 6) is -1.37. The molecule has 7 heteroatoms. The average molecular weight is 479 g/mol. The van der Waals surface area contributed by atoms with E-state index >= 15 is 0 Å². The van der Waals surface area contributed by atoms with Gasteiger partial charge < -0.3 is 20.5 Å². The zero-order valence-corrected chi connectivity index (χ0v) is 20.6. The summed E-state index contributed by atoms with van der Waals surface area (Å²) in [4.78, 5) is 37.0. The largest absolute Gasteiger partial charge is 0.481 e. The summed E-state index contributed by atoms with van der Waals surface area (Å²) in [6.45, 7) is 6.38. The standard InChI is InChI=1S/C28H34N2O5/c1-27(2,3)13-12-23(25(33)30-28(14-15-28)16-24(31)32)29-26(34)35-17-22-20-10-6-4-8-18(20)19-9-5-7-11-21(19)22/h4-11,22-23H,12-17H2,1-3H3,(H,29,34)(H,30,33)(H,31,32). The van der Waals surface area contributed by atoms with Crippen LogP contribution in [0.25, 0.3) is 11.1 Å². The van der Waals surface area contributed by atoms with Crippen molar-refractivity contribution in [1.29, 1.82) is 0 Å². The topological polar surface area (TPSA) is 105 Å². The van der Waals surface area contributed by atoms with E-state index in [4.69, 9.17) is 9.84 Å². The first-order valence-corrected chi connectivity index (χ1v) is 12.2. The van der Waals surface area contributed by atoms with Crippen molar-refractivity contribution in [2.75, 3.05) is 6.61 Å². The third-order valence-corrected chi connectivity index (χ3v) is 6.87. The number of rotatable bonds is 9. The molecule has 2 aromatic carbocycles. The number of fused-ring (bicyclic) bond motifs is 3. The molecule has 186 valence electrons. The molecule has 0 aromatic heterocycles. The van der Waals surface area contributed by atoms with Gasteiger partial charge in [-0.3, -0.25) is 9.59 Å². The average Bonchev–Trinajstić information content (AvgIpc) is 3.45. The molecule has 2 aliphatic carbocycles. The lowest BCUT2D eigenvalue weighted by molar-refractivity contribution is -0.138. The SMILES string of the molecule is CC(C)(C)CCC(NC(=O)OCC1c2ccccc2-c2ccccc21)C(=O)NC1(CC(=O)O)CC1. The van der Waals surface area contributed by atoms with Crippen molar-refractivity contribution in [3.05, 3.63) is 59.7 Å². The van der Waals surface area contributed by atoms with Gasteiger partial charge in [-0.1, -0.05) is 69.3 Å². The Morgan fingerprint density at radius 3 is 2.11 bits per heavy atom. The van der Waals surface area contributed by atoms with Gasteiger partial charge >= 0.3 is 12.1 Å². The van der Waals surface area contributed by atoms with Gasteiger partial charge in [0.1, 0.15) is 12.6 Å². The van der Waals surface area contributed by atoms with Crippen LogP contribution in [-0.2, 0) is 14.3 Å². The van der Waals surface area contributed by atoms with Crippen LogP contribution in [0.15, 0.2) is 48.5 Å². The van der Waals surface area contributed by atoms with Crippen molar-refractivity contribution in [1.82, 2.24) is 10.6 Å². The quantitative estimate of drug-likeness (QED) is 0.478. The molecule has 2 amide bonds. The monoisotopic (exact) mass is 478 g/mol. The number of alkyl carbamates (subject to hydrolysis) is 1. The van der Waals surface area contributed by atoms with Gasteiger partial charge in [0.15, 0.2) is 0 Å². The molecule has 0 saturated heterocycles. The summed E-state index contributed by atoms with van der Waals surface area (Å²) in [6.07, 6.45) is 1.63. The molecular weight excluding hydrogens is 444 g/mol. The lowest BCUT2D eigenvalue weighted by Gasteiger charge is -2.25. The van der Waals surface area contributed by atoms with Gasteiger partial charge in [0, 0.05) is 5.92 Å². The Morgan fingerprint density at radius 1 is 1.03 bits per heavy atom. The van der Waals surface area contributed by atoms with Crippen LogP contribution >= 0.6 is 0 Å². The normalized spacial score (nSPS) is 16.5. The highest BCUT2D eigenvalue weighted by Gasteiger charge is 2.46. The second kappa shape index (κ2) is 9.72. The van der Waals surface area contributed by atoms with Crippen LogP contribution < -0.4 is 10.6 Å². The van der Waals surface area contributed by atoms with Crippen LogP contribution in [-0.4, -0.2) is 41.3 Å². The van der Waals surface area contributed by atoms with Crippen molar-refractivity contribution in [3.63, 3.8) is 0 Å². The number of hydrogen-bond donors (Lipinski definition) is 3. The fourth-order valence-electron chi connectivity index (χ4n) is 4.76. The van der Waals surface area contributed by atoms with Crippen molar-refractivity contribution >= 4 is 18.0 Å². The number of nitrogens with one attached hydrogen (secondary N) is 2. The molecule has 0 radical (unpaired) electrons. The van der Waals surface area contributed by atoms with Crippen LogP contribution in [0.1, 0.15) is 69.9 Å². The highest BCUT2D eigenvalue weighted by Crippen LogP contribution is 2.44. The Kier molecular flexibility index (Phi) is 6.88. The third kappa shape index (κ3) is 6.02. The molecule has 2 aliphatic rings. The molecule has 35 heavy (non-hydrogen) atoms.